The second kappa shape index (κ2) is 6.03. The van der Waals surface area contributed by atoms with Gasteiger partial charge < -0.3 is 0 Å². The molecule has 2 aromatic heterocycles. The Morgan fingerprint density at radius 3 is 2.46 bits per heavy atom. The zero-order valence-corrected chi connectivity index (χ0v) is 19.4. The molecular weight excluding hydrogens is 554 g/mol. The fourth-order valence-electron chi connectivity index (χ4n) is 3.94. The summed E-state index contributed by atoms with van der Waals surface area (Å²) in [7, 11) is 0. The average molecular weight is 567 g/mol. The van der Waals surface area contributed by atoms with Gasteiger partial charge >= 0.3 is 176 Å². The molecule has 3 aromatic rings. The predicted molar refractivity (Wildman–Crippen MR) is 98.5 cm³/mol. The third-order valence-corrected chi connectivity index (χ3v) is 6.42. The maximum absolute atomic E-state index is 13.4. The summed E-state index contributed by atoms with van der Waals surface area (Å²) >= 11 is 0.117. The van der Waals surface area contributed by atoms with Crippen LogP contribution in [0.15, 0.2) is 36.5 Å². The Morgan fingerprint density at radius 2 is 1.82 bits per heavy atom. The second-order valence-corrected chi connectivity index (χ2v) is 8.01. The molecule has 0 unspecified atom stereocenters. The monoisotopic (exact) mass is 567 g/mol. The van der Waals surface area contributed by atoms with Crippen molar-refractivity contribution >= 4 is 49.1 Å². The van der Waals surface area contributed by atoms with Gasteiger partial charge in [0.15, 0.2) is 0 Å². The van der Waals surface area contributed by atoms with Crippen molar-refractivity contribution in [3.05, 3.63) is 64.7 Å². The van der Waals surface area contributed by atoms with E-state index in [0.717, 1.165) is 11.1 Å². The van der Waals surface area contributed by atoms with E-state index in [1.807, 2.05) is 6.92 Å². The number of rotatable bonds is 3. The number of nitrogens with zero attached hydrogens (tertiary/aromatic N) is 3. The minimum absolute atomic E-state index is 0.109. The van der Waals surface area contributed by atoms with E-state index in [4.69, 9.17) is 2.69 Å². The van der Waals surface area contributed by atoms with E-state index >= 15 is 0 Å². The first-order valence-corrected chi connectivity index (χ1v) is 10.6. The Morgan fingerprint density at radius 1 is 1.11 bits per heavy atom. The number of pyridine rings is 2. The van der Waals surface area contributed by atoms with Crippen LogP contribution in [-0.2, 0) is 5.54 Å². The van der Waals surface area contributed by atoms with Gasteiger partial charge in [-0.15, -0.1) is 0 Å². The molecule has 1 saturated carbocycles. The third-order valence-electron chi connectivity index (χ3n) is 5.50. The second-order valence-electron chi connectivity index (χ2n) is 7.09. The number of halogens is 1. The van der Waals surface area contributed by atoms with Crippen LogP contribution in [0.5, 0.6) is 5.75 Å². The van der Waals surface area contributed by atoms with Crippen LogP contribution in [0, 0.1) is 12.7 Å². The topological polar surface area (TPSA) is 72.4 Å². The SMILES string of the molecule is Cc1ccnc2c([O][Tl])c3c(nc12)C(=O)N(C1(c2ccc(F)cc2)CC1)C3=O. The van der Waals surface area contributed by atoms with Crippen molar-refractivity contribution in [2.45, 2.75) is 25.3 Å². The van der Waals surface area contributed by atoms with Gasteiger partial charge in [-0.25, -0.2) is 0 Å². The molecule has 8 heteroatoms. The molecule has 0 N–H and O–H groups in total. The van der Waals surface area contributed by atoms with Crippen LogP contribution >= 0.6 is 0 Å². The molecule has 2 amide bonds. The molecule has 3 heterocycles. The molecule has 0 atom stereocenters. The van der Waals surface area contributed by atoms with Gasteiger partial charge in [-0.2, -0.15) is 0 Å². The Bertz CT molecular complexity index is 1180. The summed E-state index contributed by atoms with van der Waals surface area (Å²) in [5, 5.41) is 0. The van der Waals surface area contributed by atoms with Crippen LogP contribution in [0.2, 0.25) is 0 Å². The van der Waals surface area contributed by atoms with Crippen LogP contribution < -0.4 is 2.69 Å². The summed E-state index contributed by atoms with van der Waals surface area (Å²) in [6, 6.07) is 7.77. The predicted octanol–water partition coefficient (Wildman–Crippen LogP) is 2.82. The van der Waals surface area contributed by atoms with E-state index in [-0.39, 0.29) is 43.3 Å². The molecule has 1 fully saturated rings. The first kappa shape index (κ1) is 17.7. The van der Waals surface area contributed by atoms with Gasteiger partial charge in [0.05, 0.1) is 0 Å². The first-order valence-electron chi connectivity index (χ1n) is 8.79. The minimum atomic E-state index is -0.748. The molecule has 0 radical (unpaired) electrons. The molecule has 1 aliphatic carbocycles. The summed E-state index contributed by atoms with van der Waals surface area (Å²) in [6.45, 7) is 1.88. The number of fused-ring (bicyclic) bond motifs is 2. The van der Waals surface area contributed by atoms with Gasteiger partial charge in [-0.1, -0.05) is 0 Å². The van der Waals surface area contributed by atoms with E-state index in [1.54, 1.807) is 24.4 Å². The molecule has 1 aromatic carbocycles. The van der Waals surface area contributed by atoms with E-state index < -0.39 is 17.4 Å². The molecule has 5 rings (SSSR count). The standard InChI is InChI=1S/C20H14FN3O3.Tl/c1-10-6-9-22-16-14(10)23-15-13(17(16)25)18(26)24(19(15)27)20(7-8-20)11-2-4-12(21)5-3-11;/h2-6,9H,7-8H2,1H3,(H,23,25);/q;+1/p-1. The van der Waals surface area contributed by atoms with E-state index in [9.17, 15) is 14.0 Å². The van der Waals surface area contributed by atoms with Crippen LogP contribution in [0.1, 0.15) is 44.8 Å². The Hall–Kier alpha value is -2.43. The number of imide groups is 1. The number of carbonyl (C=O) groups excluding carboxylic acids is 2. The Kier molecular flexibility index (Phi) is 3.80. The van der Waals surface area contributed by atoms with Gasteiger partial charge in [0.2, 0.25) is 0 Å². The summed E-state index contributed by atoms with van der Waals surface area (Å²) in [6.07, 6.45) is 2.91. The number of aromatic nitrogens is 2. The van der Waals surface area contributed by atoms with Crippen molar-refractivity contribution in [1.82, 2.24) is 14.9 Å². The van der Waals surface area contributed by atoms with Crippen LogP contribution in [0.3, 0.4) is 0 Å². The Balaban J connectivity index is 1.71. The summed E-state index contributed by atoms with van der Waals surface area (Å²) in [5.41, 5.74) is 2.21. The number of carbonyl (C=O) groups is 2. The molecule has 1 aliphatic heterocycles. The van der Waals surface area contributed by atoms with Crippen molar-refractivity contribution in [3.63, 3.8) is 0 Å². The molecule has 28 heavy (non-hydrogen) atoms. The van der Waals surface area contributed by atoms with Crippen LogP contribution in [0.25, 0.3) is 11.0 Å². The maximum atomic E-state index is 13.4. The number of amides is 2. The van der Waals surface area contributed by atoms with E-state index in [0.29, 0.717) is 29.6 Å². The third kappa shape index (κ3) is 2.28. The summed E-state index contributed by atoms with van der Waals surface area (Å²) in [4.78, 5) is 36.7. The average Bonchev–Trinajstić information content (AvgIpc) is 3.44. The van der Waals surface area contributed by atoms with Crippen LogP contribution in [-0.4, -0.2) is 52.9 Å². The zero-order chi connectivity index (χ0) is 19.6. The molecule has 0 bridgehead atoms. The number of hydrogen-bond donors (Lipinski definition) is 0. The van der Waals surface area contributed by atoms with Gasteiger partial charge in [0, 0.05) is 0 Å². The number of hydrogen-bond acceptors (Lipinski definition) is 5. The number of benzene rings is 1. The summed E-state index contributed by atoms with van der Waals surface area (Å²) in [5.74, 6) is -0.876. The van der Waals surface area contributed by atoms with Gasteiger partial charge in [0.25, 0.3) is 0 Å². The van der Waals surface area contributed by atoms with Crippen molar-refractivity contribution in [2.75, 3.05) is 0 Å². The van der Waals surface area contributed by atoms with Crippen molar-refractivity contribution in [2.24, 2.45) is 0 Å². The van der Waals surface area contributed by atoms with Crippen LogP contribution in [0.4, 0.5) is 4.39 Å². The Labute approximate surface area is 176 Å². The molecule has 0 spiro atoms. The number of aryl methyl sites for hydroxylation is 1. The normalized spacial score (nSPS) is 17.1. The molecule has 136 valence electrons. The summed E-state index contributed by atoms with van der Waals surface area (Å²) < 4.78 is 19.0. The fourth-order valence-corrected chi connectivity index (χ4v) is 4.83. The van der Waals surface area contributed by atoms with Gasteiger partial charge in [0.1, 0.15) is 0 Å². The van der Waals surface area contributed by atoms with Gasteiger partial charge in [-0.3, -0.25) is 0 Å². The van der Waals surface area contributed by atoms with Crippen molar-refractivity contribution in [1.29, 1.82) is 0 Å². The zero-order valence-electron chi connectivity index (χ0n) is 14.9. The molecule has 2 aliphatic rings. The molecule has 0 saturated heterocycles. The quantitative estimate of drug-likeness (QED) is 0.360. The van der Waals surface area contributed by atoms with Crippen molar-refractivity contribution < 1.29 is 16.7 Å². The first-order chi connectivity index (χ1) is 13.5. The van der Waals surface area contributed by atoms with Gasteiger partial charge in [-0.05, 0) is 0 Å². The molecule has 6 nitrogen and oxygen atoms in total. The van der Waals surface area contributed by atoms with E-state index in [1.165, 1.54) is 17.0 Å². The molecular formula is C20H13FN3O3Tl. The van der Waals surface area contributed by atoms with E-state index in [2.05, 4.69) is 9.97 Å². The van der Waals surface area contributed by atoms with Crippen molar-refractivity contribution in [3.8, 4) is 5.75 Å². The fraction of sp³-hybridized carbons (Fsp3) is 0.200.